The first kappa shape index (κ1) is 22.9. The summed E-state index contributed by atoms with van der Waals surface area (Å²) in [6.07, 6.45) is 1.74. The number of carbonyl (C=O) groups excluding carboxylic acids is 2. The number of nitrogens with one attached hydrogen (secondary N) is 1. The van der Waals surface area contributed by atoms with Crippen LogP contribution in [0.1, 0.15) is 47.4 Å². The van der Waals surface area contributed by atoms with Crippen LogP contribution in [0.4, 0.5) is 0 Å². The molecule has 0 bridgehead atoms. The highest BCUT2D eigenvalue weighted by Gasteiger charge is 2.26. The van der Waals surface area contributed by atoms with E-state index in [4.69, 9.17) is 21.1 Å². The third kappa shape index (κ3) is 6.14. The summed E-state index contributed by atoms with van der Waals surface area (Å²) in [6.45, 7) is 5.80. The molecule has 0 spiro atoms. The Morgan fingerprint density at radius 3 is 2.42 bits per heavy atom. The Morgan fingerprint density at radius 2 is 1.81 bits per heavy atom. The van der Waals surface area contributed by atoms with E-state index in [-0.39, 0.29) is 17.9 Å². The molecule has 166 valence electrons. The van der Waals surface area contributed by atoms with E-state index in [0.29, 0.717) is 47.5 Å². The Kier molecular flexibility index (Phi) is 7.80. The lowest BCUT2D eigenvalue weighted by atomic mass is 9.97. The van der Waals surface area contributed by atoms with Crippen LogP contribution >= 0.6 is 11.6 Å². The largest absolute Gasteiger partial charge is 0.496 e. The molecule has 2 aromatic carbocycles. The predicted octanol–water partition coefficient (Wildman–Crippen LogP) is 4.42. The lowest BCUT2D eigenvalue weighted by Gasteiger charge is -2.32. The van der Waals surface area contributed by atoms with Crippen LogP contribution < -0.4 is 14.8 Å². The Bertz CT molecular complexity index is 906. The molecule has 1 aliphatic heterocycles. The van der Waals surface area contributed by atoms with E-state index in [1.807, 2.05) is 30.9 Å². The molecule has 3 rings (SSSR count). The van der Waals surface area contributed by atoms with Gasteiger partial charge in [-0.05, 0) is 75.1 Å². The highest BCUT2D eigenvalue weighted by atomic mass is 35.5. The van der Waals surface area contributed by atoms with Gasteiger partial charge in [-0.1, -0.05) is 11.6 Å². The Morgan fingerprint density at radius 1 is 1.13 bits per heavy atom. The minimum atomic E-state index is -0.0871. The van der Waals surface area contributed by atoms with Crippen LogP contribution in [0.5, 0.6) is 11.5 Å². The van der Waals surface area contributed by atoms with Gasteiger partial charge in [-0.25, -0.2) is 0 Å². The predicted molar refractivity (Wildman–Crippen MR) is 121 cm³/mol. The Labute approximate surface area is 188 Å². The van der Waals surface area contributed by atoms with Crippen LogP contribution in [0, 0.1) is 5.92 Å². The maximum Gasteiger partial charge on any atom is 0.257 e. The number of benzene rings is 2. The summed E-state index contributed by atoms with van der Waals surface area (Å²) in [6, 6.07) is 12.4. The van der Waals surface area contributed by atoms with Gasteiger partial charge in [0.1, 0.15) is 11.5 Å². The summed E-state index contributed by atoms with van der Waals surface area (Å²) < 4.78 is 11.2. The number of hydrogen-bond donors (Lipinski definition) is 1. The monoisotopic (exact) mass is 444 g/mol. The zero-order valence-electron chi connectivity index (χ0n) is 18.2. The van der Waals surface area contributed by atoms with Crippen LogP contribution in [0.3, 0.4) is 0 Å². The van der Waals surface area contributed by atoms with Crippen molar-refractivity contribution in [2.24, 2.45) is 5.92 Å². The minimum absolute atomic E-state index is 0.0388. The molecular formula is C24H29ClN2O4. The van der Waals surface area contributed by atoms with E-state index >= 15 is 0 Å². The van der Waals surface area contributed by atoms with E-state index in [9.17, 15) is 9.59 Å². The smallest absolute Gasteiger partial charge is 0.257 e. The summed E-state index contributed by atoms with van der Waals surface area (Å²) in [5, 5.41) is 3.41. The lowest BCUT2D eigenvalue weighted by molar-refractivity contribution is 0.0657. The van der Waals surface area contributed by atoms with Crippen molar-refractivity contribution in [3.8, 4) is 11.5 Å². The fraction of sp³-hybridized carbons (Fsp3) is 0.417. The number of likely N-dealkylation sites (tertiary alicyclic amines) is 1. The van der Waals surface area contributed by atoms with E-state index in [2.05, 4.69) is 5.32 Å². The highest BCUT2D eigenvalue weighted by molar-refractivity contribution is 6.30. The second kappa shape index (κ2) is 10.5. The normalized spacial score (nSPS) is 14.4. The fourth-order valence-electron chi connectivity index (χ4n) is 3.58. The number of hydrogen-bond acceptors (Lipinski definition) is 4. The van der Waals surface area contributed by atoms with E-state index in [0.717, 1.165) is 18.6 Å². The fourth-order valence-corrected chi connectivity index (χ4v) is 3.74. The molecule has 31 heavy (non-hydrogen) atoms. The van der Waals surface area contributed by atoms with Crippen molar-refractivity contribution < 1.29 is 19.1 Å². The molecule has 0 aliphatic carbocycles. The third-order valence-corrected chi connectivity index (χ3v) is 5.55. The van der Waals surface area contributed by atoms with E-state index < -0.39 is 0 Å². The highest BCUT2D eigenvalue weighted by Crippen LogP contribution is 2.27. The quantitative estimate of drug-likeness (QED) is 0.686. The zero-order chi connectivity index (χ0) is 22.4. The number of rotatable bonds is 7. The van der Waals surface area contributed by atoms with Crippen molar-refractivity contribution in [1.82, 2.24) is 10.2 Å². The van der Waals surface area contributed by atoms with Crippen LogP contribution in [-0.4, -0.2) is 49.6 Å². The number of halogens is 1. The van der Waals surface area contributed by atoms with Gasteiger partial charge in [-0.15, -0.1) is 0 Å². The molecule has 0 aromatic heterocycles. The average Bonchev–Trinajstić information content (AvgIpc) is 2.77. The van der Waals surface area contributed by atoms with Gasteiger partial charge in [0, 0.05) is 29.7 Å². The van der Waals surface area contributed by atoms with Crippen LogP contribution in [0.25, 0.3) is 0 Å². The van der Waals surface area contributed by atoms with E-state index in [1.54, 1.807) is 30.3 Å². The number of ether oxygens (including phenoxy) is 2. The zero-order valence-corrected chi connectivity index (χ0v) is 18.9. The minimum Gasteiger partial charge on any atom is -0.496 e. The number of amides is 2. The first-order chi connectivity index (χ1) is 14.9. The van der Waals surface area contributed by atoms with E-state index in [1.165, 1.54) is 7.11 Å². The average molecular weight is 445 g/mol. The molecule has 0 saturated carbocycles. The molecular weight excluding hydrogens is 416 g/mol. The van der Waals surface area contributed by atoms with Crippen LogP contribution in [-0.2, 0) is 0 Å². The summed E-state index contributed by atoms with van der Waals surface area (Å²) >= 11 is 6.00. The Hall–Kier alpha value is -2.73. The summed E-state index contributed by atoms with van der Waals surface area (Å²) in [5.41, 5.74) is 1.15. The van der Waals surface area contributed by atoms with Crippen LogP contribution in [0.2, 0.25) is 5.02 Å². The van der Waals surface area contributed by atoms with Gasteiger partial charge in [-0.2, -0.15) is 0 Å². The maximum atomic E-state index is 12.9. The van der Waals surface area contributed by atoms with Crippen molar-refractivity contribution in [3.05, 3.63) is 58.6 Å². The molecule has 1 fully saturated rings. The van der Waals surface area contributed by atoms with Crippen molar-refractivity contribution in [2.75, 3.05) is 26.8 Å². The molecule has 1 aliphatic rings. The van der Waals surface area contributed by atoms with Crippen molar-refractivity contribution in [2.45, 2.75) is 32.7 Å². The number of methoxy groups -OCH3 is 1. The first-order valence-corrected chi connectivity index (χ1v) is 10.9. The van der Waals surface area contributed by atoms with Gasteiger partial charge >= 0.3 is 0 Å². The summed E-state index contributed by atoms with van der Waals surface area (Å²) in [7, 11) is 1.54. The molecule has 7 heteroatoms. The number of nitrogens with zero attached hydrogens (tertiary/aromatic N) is 1. The standard InChI is InChI=1S/C24H29ClN2O4/c1-16(2)26-23(28)18-4-7-20(8-5-18)31-15-17-10-12-27(13-11-17)24(29)21-9-6-19(25)14-22(21)30-3/h4-9,14,16-17H,10-13,15H2,1-3H3,(H,26,28). The number of piperidine rings is 1. The van der Waals surface area contributed by atoms with Gasteiger partial charge in [0.15, 0.2) is 0 Å². The SMILES string of the molecule is COc1cc(Cl)ccc1C(=O)N1CCC(COc2ccc(C(=O)NC(C)C)cc2)CC1. The van der Waals surface area contributed by atoms with Gasteiger partial charge in [-0.3, -0.25) is 9.59 Å². The molecule has 2 amide bonds. The van der Waals surface area contributed by atoms with Crippen molar-refractivity contribution >= 4 is 23.4 Å². The van der Waals surface area contributed by atoms with Gasteiger partial charge < -0.3 is 19.7 Å². The molecule has 1 heterocycles. The molecule has 0 radical (unpaired) electrons. The lowest BCUT2D eigenvalue weighted by Crippen LogP contribution is -2.39. The summed E-state index contributed by atoms with van der Waals surface area (Å²) in [5.74, 6) is 1.48. The molecule has 1 saturated heterocycles. The van der Waals surface area contributed by atoms with Crippen molar-refractivity contribution in [3.63, 3.8) is 0 Å². The Balaban J connectivity index is 1.48. The molecule has 6 nitrogen and oxygen atoms in total. The second-order valence-electron chi connectivity index (χ2n) is 8.04. The first-order valence-electron chi connectivity index (χ1n) is 10.5. The molecule has 0 unspecified atom stereocenters. The number of carbonyl (C=O) groups is 2. The van der Waals surface area contributed by atoms with Crippen LogP contribution in [0.15, 0.2) is 42.5 Å². The molecule has 1 N–H and O–H groups in total. The molecule has 2 aromatic rings. The van der Waals surface area contributed by atoms with Crippen molar-refractivity contribution in [1.29, 1.82) is 0 Å². The third-order valence-electron chi connectivity index (χ3n) is 5.32. The maximum absolute atomic E-state index is 12.9. The van der Waals surface area contributed by atoms with Gasteiger partial charge in [0.25, 0.3) is 11.8 Å². The van der Waals surface area contributed by atoms with Gasteiger partial charge in [0.05, 0.1) is 19.3 Å². The topological polar surface area (TPSA) is 67.9 Å². The van der Waals surface area contributed by atoms with Gasteiger partial charge in [0.2, 0.25) is 0 Å². The summed E-state index contributed by atoms with van der Waals surface area (Å²) in [4.78, 5) is 26.7. The second-order valence-corrected chi connectivity index (χ2v) is 8.48. The molecule has 0 atom stereocenters.